The largest absolute Gasteiger partial charge is 0.361 e. The number of hydrogen-bond donors (Lipinski definition) is 3. The Bertz CT molecular complexity index is 561. The van der Waals surface area contributed by atoms with Crippen LogP contribution in [0.5, 0.6) is 0 Å². The molecule has 2 heterocycles. The van der Waals surface area contributed by atoms with Gasteiger partial charge in [0.05, 0.1) is 6.04 Å². The van der Waals surface area contributed by atoms with Gasteiger partial charge in [0.1, 0.15) is 0 Å². The maximum atomic E-state index is 11.6. The molecule has 18 heavy (non-hydrogen) atoms. The molecule has 1 aromatic heterocycles. The third-order valence-corrected chi connectivity index (χ3v) is 3.46. The van der Waals surface area contributed by atoms with Gasteiger partial charge in [0.15, 0.2) is 0 Å². The first-order valence-electron chi connectivity index (χ1n) is 6.40. The number of piperidine rings is 1. The van der Waals surface area contributed by atoms with Gasteiger partial charge in [-0.2, -0.15) is 0 Å². The van der Waals surface area contributed by atoms with Crippen LogP contribution in [0, 0.1) is 0 Å². The van der Waals surface area contributed by atoms with Gasteiger partial charge in [-0.1, -0.05) is 6.07 Å². The summed E-state index contributed by atoms with van der Waals surface area (Å²) in [6.45, 7) is 1.55. The first kappa shape index (κ1) is 11.3. The van der Waals surface area contributed by atoms with E-state index in [1.54, 1.807) is 0 Å². The van der Waals surface area contributed by atoms with Crippen LogP contribution in [0.3, 0.4) is 0 Å². The number of amides is 1. The van der Waals surface area contributed by atoms with Crippen molar-refractivity contribution >= 4 is 16.8 Å². The number of H-pyrrole nitrogens is 1. The number of rotatable bonds is 3. The highest BCUT2D eigenvalue weighted by Crippen LogP contribution is 2.14. The zero-order valence-corrected chi connectivity index (χ0v) is 10.2. The maximum Gasteiger partial charge on any atom is 0.237 e. The van der Waals surface area contributed by atoms with Crippen molar-refractivity contribution in [1.82, 2.24) is 15.6 Å². The molecule has 0 radical (unpaired) electrons. The molecule has 1 aromatic carbocycles. The summed E-state index contributed by atoms with van der Waals surface area (Å²) in [5, 5.41) is 7.42. The molecule has 0 bridgehead atoms. The van der Waals surface area contributed by atoms with Crippen LogP contribution in [0.4, 0.5) is 0 Å². The Morgan fingerprint density at radius 3 is 3.17 bits per heavy atom. The zero-order valence-electron chi connectivity index (χ0n) is 10.2. The topological polar surface area (TPSA) is 56.9 Å². The number of fused-ring (bicyclic) bond motifs is 1. The molecule has 3 rings (SSSR count). The Kier molecular flexibility index (Phi) is 3.02. The monoisotopic (exact) mass is 243 g/mol. The molecule has 1 amide bonds. The van der Waals surface area contributed by atoms with Gasteiger partial charge in [-0.3, -0.25) is 4.79 Å². The van der Waals surface area contributed by atoms with E-state index in [1.807, 2.05) is 6.20 Å². The van der Waals surface area contributed by atoms with Crippen LogP contribution in [-0.4, -0.2) is 23.5 Å². The minimum atomic E-state index is -0.0410. The SMILES string of the molecule is O=C1NCCCC1NCc1ccc2[nH]ccc2c1. The highest BCUT2D eigenvalue weighted by atomic mass is 16.2. The van der Waals surface area contributed by atoms with E-state index in [1.165, 1.54) is 10.9 Å². The van der Waals surface area contributed by atoms with Crippen LogP contribution in [-0.2, 0) is 11.3 Å². The summed E-state index contributed by atoms with van der Waals surface area (Å²) in [5.74, 6) is 0.129. The molecule has 2 aromatic rings. The number of hydrogen-bond acceptors (Lipinski definition) is 2. The van der Waals surface area contributed by atoms with Crippen LogP contribution in [0.25, 0.3) is 10.9 Å². The second kappa shape index (κ2) is 4.82. The van der Waals surface area contributed by atoms with E-state index in [0.717, 1.165) is 31.4 Å². The highest BCUT2D eigenvalue weighted by Gasteiger charge is 2.20. The Morgan fingerprint density at radius 1 is 1.33 bits per heavy atom. The molecule has 1 unspecified atom stereocenters. The Morgan fingerprint density at radius 2 is 2.28 bits per heavy atom. The molecular weight excluding hydrogens is 226 g/mol. The van der Waals surface area contributed by atoms with Crippen molar-refractivity contribution in [3.63, 3.8) is 0 Å². The standard InChI is InChI=1S/C14H17N3O/c18-14-13(2-1-6-16-14)17-9-10-3-4-12-11(8-10)5-7-15-12/h3-5,7-8,13,15,17H,1-2,6,9H2,(H,16,18). The summed E-state index contributed by atoms with van der Waals surface area (Å²) in [7, 11) is 0. The molecule has 0 saturated carbocycles. The fraction of sp³-hybridized carbons (Fsp3) is 0.357. The Labute approximate surface area is 106 Å². The second-order valence-corrected chi connectivity index (χ2v) is 4.77. The maximum absolute atomic E-state index is 11.6. The lowest BCUT2D eigenvalue weighted by Crippen LogP contribution is -2.47. The minimum Gasteiger partial charge on any atom is -0.361 e. The van der Waals surface area contributed by atoms with Gasteiger partial charge >= 0.3 is 0 Å². The fourth-order valence-corrected chi connectivity index (χ4v) is 2.42. The van der Waals surface area contributed by atoms with Crippen molar-refractivity contribution in [2.24, 2.45) is 0 Å². The molecule has 0 aliphatic carbocycles. The van der Waals surface area contributed by atoms with Crippen molar-refractivity contribution in [1.29, 1.82) is 0 Å². The average molecular weight is 243 g/mol. The molecule has 1 atom stereocenters. The number of nitrogens with one attached hydrogen (secondary N) is 3. The predicted molar refractivity (Wildman–Crippen MR) is 71.2 cm³/mol. The number of aromatic amines is 1. The molecule has 94 valence electrons. The molecule has 1 aliphatic rings. The fourth-order valence-electron chi connectivity index (χ4n) is 2.42. The van der Waals surface area contributed by atoms with Crippen molar-refractivity contribution in [3.05, 3.63) is 36.0 Å². The molecule has 4 heteroatoms. The molecular formula is C14H17N3O. The summed E-state index contributed by atoms with van der Waals surface area (Å²) in [6.07, 6.45) is 3.93. The van der Waals surface area contributed by atoms with Gasteiger partial charge in [0.25, 0.3) is 0 Å². The molecule has 1 saturated heterocycles. The van der Waals surface area contributed by atoms with Crippen molar-refractivity contribution in [2.45, 2.75) is 25.4 Å². The molecule has 4 nitrogen and oxygen atoms in total. The van der Waals surface area contributed by atoms with Gasteiger partial charge in [-0.25, -0.2) is 0 Å². The first-order valence-corrected chi connectivity index (χ1v) is 6.40. The lowest BCUT2D eigenvalue weighted by Gasteiger charge is -2.22. The van der Waals surface area contributed by atoms with Gasteiger partial charge < -0.3 is 15.6 Å². The summed E-state index contributed by atoms with van der Waals surface area (Å²) in [6, 6.07) is 8.34. The summed E-state index contributed by atoms with van der Waals surface area (Å²) in [5.41, 5.74) is 2.36. The lowest BCUT2D eigenvalue weighted by atomic mass is 10.1. The first-order chi connectivity index (χ1) is 8.83. The quantitative estimate of drug-likeness (QED) is 0.766. The Hall–Kier alpha value is -1.81. The van der Waals surface area contributed by atoms with Crippen LogP contribution in [0.15, 0.2) is 30.5 Å². The van der Waals surface area contributed by atoms with E-state index < -0.39 is 0 Å². The molecule has 3 N–H and O–H groups in total. The van der Waals surface area contributed by atoms with Crippen molar-refractivity contribution < 1.29 is 4.79 Å². The van der Waals surface area contributed by atoms with Crippen LogP contribution in [0.2, 0.25) is 0 Å². The van der Waals surface area contributed by atoms with Crippen molar-refractivity contribution in [2.75, 3.05) is 6.54 Å². The van der Waals surface area contributed by atoms with Gasteiger partial charge in [-0.05, 0) is 42.0 Å². The van der Waals surface area contributed by atoms with E-state index in [2.05, 4.69) is 39.9 Å². The number of benzene rings is 1. The summed E-state index contributed by atoms with van der Waals surface area (Å²) < 4.78 is 0. The van der Waals surface area contributed by atoms with E-state index in [9.17, 15) is 4.79 Å². The highest BCUT2D eigenvalue weighted by molar-refractivity contribution is 5.82. The van der Waals surface area contributed by atoms with Gasteiger partial charge in [-0.15, -0.1) is 0 Å². The van der Waals surface area contributed by atoms with Gasteiger partial charge in [0.2, 0.25) is 5.91 Å². The summed E-state index contributed by atoms with van der Waals surface area (Å²) >= 11 is 0. The zero-order chi connectivity index (χ0) is 12.4. The number of aromatic nitrogens is 1. The Balaban J connectivity index is 1.66. The molecule has 0 spiro atoms. The second-order valence-electron chi connectivity index (χ2n) is 4.77. The van der Waals surface area contributed by atoms with E-state index in [-0.39, 0.29) is 11.9 Å². The van der Waals surface area contributed by atoms with Crippen LogP contribution >= 0.6 is 0 Å². The van der Waals surface area contributed by atoms with Crippen LogP contribution in [0.1, 0.15) is 18.4 Å². The normalized spacial score (nSPS) is 20.0. The number of carbonyl (C=O) groups excluding carboxylic acids is 1. The lowest BCUT2D eigenvalue weighted by molar-refractivity contribution is -0.124. The average Bonchev–Trinajstić information content (AvgIpc) is 2.85. The van der Waals surface area contributed by atoms with Crippen molar-refractivity contribution in [3.8, 4) is 0 Å². The van der Waals surface area contributed by atoms with Gasteiger partial charge in [0, 0.05) is 24.8 Å². The summed E-state index contributed by atoms with van der Waals surface area (Å²) in [4.78, 5) is 14.8. The van der Waals surface area contributed by atoms with Crippen LogP contribution < -0.4 is 10.6 Å². The molecule has 1 aliphatic heterocycles. The predicted octanol–water partition coefficient (Wildman–Crippen LogP) is 1.54. The smallest absolute Gasteiger partial charge is 0.237 e. The third kappa shape index (κ3) is 2.24. The minimum absolute atomic E-state index is 0.0410. The van der Waals surface area contributed by atoms with E-state index in [4.69, 9.17) is 0 Å². The third-order valence-electron chi connectivity index (χ3n) is 3.46. The van der Waals surface area contributed by atoms with E-state index >= 15 is 0 Å². The van der Waals surface area contributed by atoms with E-state index in [0.29, 0.717) is 0 Å². The number of carbonyl (C=O) groups is 1. The molecule has 1 fully saturated rings.